The van der Waals surface area contributed by atoms with Gasteiger partial charge in [-0.05, 0) is 70.0 Å². The Morgan fingerprint density at radius 1 is 1.25 bits per heavy atom. The number of hydrogen-bond acceptors (Lipinski definition) is 2. The van der Waals surface area contributed by atoms with Crippen LogP contribution in [0.4, 0.5) is 4.39 Å². The molecule has 1 aliphatic rings. The van der Waals surface area contributed by atoms with Crippen LogP contribution in [0.2, 0.25) is 0 Å². The van der Waals surface area contributed by atoms with Gasteiger partial charge in [-0.2, -0.15) is 0 Å². The van der Waals surface area contributed by atoms with Gasteiger partial charge in [0.15, 0.2) is 5.78 Å². The Labute approximate surface area is 121 Å². The molecule has 1 heterocycles. The highest BCUT2D eigenvalue weighted by Crippen LogP contribution is 2.23. The standard InChI is InChI=1S/C17H24FNO/c1-13-11-15(18)8-7-14(13)12-16(20)17(2,3)19-9-5-4-6-10-19/h7-8,11H,4-6,9-10,12H2,1-3H3. The van der Waals surface area contributed by atoms with Gasteiger partial charge < -0.3 is 0 Å². The molecule has 0 aliphatic carbocycles. The number of carbonyl (C=O) groups excluding carboxylic acids is 1. The monoisotopic (exact) mass is 277 g/mol. The lowest BCUT2D eigenvalue weighted by Gasteiger charge is -2.40. The molecule has 0 radical (unpaired) electrons. The van der Waals surface area contributed by atoms with Crippen LogP contribution in [0, 0.1) is 12.7 Å². The van der Waals surface area contributed by atoms with Crippen molar-refractivity contribution in [2.75, 3.05) is 13.1 Å². The van der Waals surface area contributed by atoms with Crippen molar-refractivity contribution in [2.24, 2.45) is 0 Å². The Hall–Kier alpha value is -1.22. The van der Waals surface area contributed by atoms with Crippen molar-refractivity contribution < 1.29 is 9.18 Å². The maximum Gasteiger partial charge on any atom is 0.156 e. The van der Waals surface area contributed by atoms with Gasteiger partial charge in [0, 0.05) is 6.42 Å². The van der Waals surface area contributed by atoms with Crippen molar-refractivity contribution in [3.8, 4) is 0 Å². The predicted octanol–water partition coefficient (Wildman–Crippen LogP) is 3.51. The lowest BCUT2D eigenvalue weighted by atomic mass is 9.89. The Morgan fingerprint density at radius 3 is 2.50 bits per heavy atom. The summed E-state index contributed by atoms with van der Waals surface area (Å²) in [5.41, 5.74) is 1.36. The molecule has 1 fully saturated rings. The fourth-order valence-electron chi connectivity index (χ4n) is 2.88. The lowest BCUT2D eigenvalue weighted by Crippen LogP contribution is -2.52. The molecule has 20 heavy (non-hydrogen) atoms. The molecule has 1 aromatic rings. The summed E-state index contributed by atoms with van der Waals surface area (Å²) in [6, 6.07) is 4.66. The van der Waals surface area contributed by atoms with Gasteiger partial charge in [-0.1, -0.05) is 12.5 Å². The molecule has 0 N–H and O–H groups in total. The average Bonchev–Trinajstić information content (AvgIpc) is 2.42. The van der Waals surface area contributed by atoms with E-state index in [2.05, 4.69) is 4.90 Å². The van der Waals surface area contributed by atoms with Crippen LogP contribution in [0.5, 0.6) is 0 Å². The highest BCUT2D eigenvalue weighted by Gasteiger charge is 2.34. The second kappa shape index (κ2) is 6.04. The summed E-state index contributed by atoms with van der Waals surface area (Å²) in [5.74, 6) is -0.0249. The van der Waals surface area contributed by atoms with Crippen LogP contribution in [-0.2, 0) is 11.2 Å². The number of ketones is 1. The zero-order chi connectivity index (χ0) is 14.8. The van der Waals surface area contributed by atoms with E-state index in [9.17, 15) is 9.18 Å². The summed E-state index contributed by atoms with van der Waals surface area (Å²) in [5, 5.41) is 0. The van der Waals surface area contributed by atoms with Crippen molar-refractivity contribution in [2.45, 2.75) is 52.0 Å². The summed E-state index contributed by atoms with van der Waals surface area (Å²) in [6.45, 7) is 7.89. The van der Waals surface area contributed by atoms with Gasteiger partial charge in [-0.25, -0.2) is 4.39 Å². The minimum absolute atomic E-state index is 0.217. The molecule has 110 valence electrons. The Kier molecular flexibility index (Phi) is 4.59. The Bertz CT molecular complexity index is 490. The fraction of sp³-hybridized carbons (Fsp3) is 0.588. The second-order valence-electron chi connectivity index (χ2n) is 6.28. The molecule has 0 saturated carbocycles. The second-order valence-corrected chi connectivity index (χ2v) is 6.28. The third kappa shape index (κ3) is 3.26. The maximum absolute atomic E-state index is 13.1. The summed E-state index contributed by atoms with van der Waals surface area (Å²) in [4.78, 5) is 14.9. The van der Waals surface area contributed by atoms with E-state index in [4.69, 9.17) is 0 Å². The van der Waals surface area contributed by atoms with Crippen LogP contribution >= 0.6 is 0 Å². The summed E-state index contributed by atoms with van der Waals surface area (Å²) >= 11 is 0. The number of aryl methyl sites for hydroxylation is 1. The number of halogens is 1. The molecular weight excluding hydrogens is 253 g/mol. The zero-order valence-corrected chi connectivity index (χ0v) is 12.7. The maximum atomic E-state index is 13.1. The molecule has 0 amide bonds. The SMILES string of the molecule is Cc1cc(F)ccc1CC(=O)C(C)(C)N1CCCCC1. The van der Waals surface area contributed by atoms with Crippen LogP contribution in [0.1, 0.15) is 44.2 Å². The highest BCUT2D eigenvalue weighted by atomic mass is 19.1. The molecule has 3 heteroatoms. The van der Waals surface area contributed by atoms with Gasteiger partial charge in [0.2, 0.25) is 0 Å². The topological polar surface area (TPSA) is 20.3 Å². The van der Waals surface area contributed by atoms with Gasteiger partial charge in [0.25, 0.3) is 0 Å². The number of Topliss-reactive ketones (excluding diaryl/α,β-unsaturated/α-hetero) is 1. The van der Waals surface area contributed by atoms with Crippen molar-refractivity contribution in [3.63, 3.8) is 0 Å². The first-order valence-electron chi connectivity index (χ1n) is 7.44. The third-order valence-corrected chi connectivity index (χ3v) is 4.48. The largest absolute Gasteiger partial charge is 0.297 e. The van der Waals surface area contributed by atoms with Gasteiger partial charge in [-0.3, -0.25) is 9.69 Å². The molecule has 0 bridgehead atoms. The number of carbonyl (C=O) groups is 1. The van der Waals surface area contributed by atoms with Crippen molar-refractivity contribution in [3.05, 3.63) is 35.1 Å². The Morgan fingerprint density at radius 2 is 1.90 bits per heavy atom. The van der Waals surface area contributed by atoms with Crippen LogP contribution in [0.3, 0.4) is 0 Å². The molecular formula is C17H24FNO. The average molecular weight is 277 g/mol. The van der Waals surface area contributed by atoms with E-state index < -0.39 is 5.54 Å². The highest BCUT2D eigenvalue weighted by molar-refractivity contribution is 5.89. The number of hydrogen-bond donors (Lipinski definition) is 0. The third-order valence-electron chi connectivity index (χ3n) is 4.48. The van der Waals surface area contributed by atoms with E-state index in [1.807, 2.05) is 20.8 Å². The molecule has 1 saturated heterocycles. The van der Waals surface area contributed by atoms with Crippen LogP contribution in [0.15, 0.2) is 18.2 Å². The molecule has 2 rings (SSSR count). The molecule has 0 spiro atoms. The smallest absolute Gasteiger partial charge is 0.156 e. The van der Waals surface area contributed by atoms with E-state index in [0.717, 1.165) is 24.2 Å². The number of nitrogens with zero attached hydrogens (tertiary/aromatic N) is 1. The van der Waals surface area contributed by atoms with E-state index in [1.54, 1.807) is 6.07 Å². The van der Waals surface area contributed by atoms with Crippen molar-refractivity contribution in [1.82, 2.24) is 4.90 Å². The molecule has 0 aromatic heterocycles. The molecule has 2 nitrogen and oxygen atoms in total. The number of piperidine rings is 1. The normalized spacial score (nSPS) is 17.2. The number of rotatable bonds is 4. The number of likely N-dealkylation sites (tertiary alicyclic amines) is 1. The van der Waals surface area contributed by atoms with Crippen molar-refractivity contribution in [1.29, 1.82) is 0 Å². The van der Waals surface area contributed by atoms with Gasteiger partial charge in [0.1, 0.15) is 5.82 Å². The van der Waals surface area contributed by atoms with Gasteiger partial charge in [0.05, 0.1) is 5.54 Å². The Balaban J connectivity index is 2.09. The molecule has 0 atom stereocenters. The van der Waals surface area contributed by atoms with Crippen molar-refractivity contribution >= 4 is 5.78 Å². The predicted molar refractivity (Wildman–Crippen MR) is 79.4 cm³/mol. The van der Waals surface area contributed by atoms with Gasteiger partial charge in [-0.15, -0.1) is 0 Å². The minimum Gasteiger partial charge on any atom is -0.297 e. The summed E-state index contributed by atoms with van der Waals surface area (Å²) in [7, 11) is 0. The molecule has 1 aliphatic heterocycles. The zero-order valence-electron chi connectivity index (χ0n) is 12.7. The van der Waals surface area contributed by atoms with E-state index >= 15 is 0 Å². The first-order valence-corrected chi connectivity index (χ1v) is 7.44. The van der Waals surface area contributed by atoms with E-state index in [-0.39, 0.29) is 11.6 Å². The first-order chi connectivity index (χ1) is 9.41. The van der Waals surface area contributed by atoms with Gasteiger partial charge >= 0.3 is 0 Å². The summed E-state index contributed by atoms with van der Waals surface area (Å²) < 4.78 is 13.1. The molecule has 0 unspecified atom stereocenters. The summed E-state index contributed by atoms with van der Waals surface area (Å²) in [6.07, 6.45) is 3.99. The lowest BCUT2D eigenvalue weighted by molar-refractivity contribution is -0.129. The van der Waals surface area contributed by atoms with E-state index in [0.29, 0.717) is 6.42 Å². The molecule has 1 aromatic carbocycles. The van der Waals surface area contributed by atoms with Crippen LogP contribution in [0.25, 0.3) is 0 Å². The fourth-order valence-corrected chi connectivity index (χ4v) is 2.88. The van der Waals surface area contributed by atoms with E-state index in [1.165, 1.54) is 31.4 Å². The van der Waals surface area contributed by atoms with Crippen LogP contribution < -0.4 is 0 Å². The van der Waals surface area contributed by atoms with Crippen LogP contribution in [-0.4, -0.2) is 29.3 Å². The quantitative estimate of drug-likeness (QED) is 0.839. The number of benzene rings is 1. The first kappa shape index (κ1) is 15.2. The minimum atomic E-state index is -0.429.